The Morgan fingerprint density at radius 1 is 0.963 bits per heavy atom. The number of alkyl halides is 5. The molecule has 0 heterocycles. The van der Waals surface area contributed by atoms with Crippen LogP contribution >= 0.6 is 0 Å². The topological polar surface area (TPSA) is 67.4 Å². The van der Waals surface area contributed by atoms with Crippen LogP contribution < -0.4 is 15.4 Å². The molecule has 0 aliphatic rings. The number of halogens is 5. The Balaban J connectivity index is 1.85. The number of ether oxygens (including phenoxy) is 1. The van der Waals surface area contributed by atoms with Gasteiger partial charge in [-0.3, -0.25) is 9.59 Å². The summed E-state index contributed by atoms with van der Waals surface area (Å²) in [5, 5.41) is 4.67. The van der Waals surface area contributed by atoms with Gasteiger partial charge >= 0.3 is 12.8 Å². The molecular formula is C17H13F5N2O3. The Bertz CT molecular complexity index is 790. The quantitative estimate of drug-likeness (QED) is 0.742. The molecule has 0 spiro atoms. The van der Waals surface area contributed by atoms with E-state index in [2.05, 4.69) is 15.4 Å². The van der Waals surface area contributed by atoms with Crippen molar-refractivity contribution in [2.24, 2.45) is 0 Å². The van der Waals surface area contributed by atoms with E-state index in [4.69, 9.17) is 0 Å². The molecule has 2 aromatic rings. The summed E-state index contributed by atoms with van der Waals surface area (Å²) in [4.78, 5) is 23.6. The van der Waals surface area contributed by atoms with Gasteiger partial charge < -0.3 is 15.4 Å². The number of benzene rings is 2. The van der Waals surface area contributed by atoms with Crippen LogP contribution in [0.1, 0.15) is 15.9 Å². The Morgan fingerprint density at radius 2 is 1.56 bits per heavy atom. The maximum Gasteiger partial charge on any atom is 0.416 e. The van der Waals surface area contributed by atoms with Crippen LogP contribution in [0.15, 0.2) is 48.5 Å². The molecule has 0 aliphatic heterocycles. The fourth-order valence-corrected chi connectivity index (χ4v) is 2.00. The van der Waals surface area contributed by atoms with Gasteiger partial charge in [-0.05, 0) is 48.5 Å². The first-order chi connectivity index (χ1) is 12.6. The number of carbonyl (C=O) groups is 2. The third-order valence-electron chi connectivity index (χ3n) is 3.25. The standard InChI is InChI=1S/C17H13F5N2O3/c18-16(19)27-13-7-5-12(6-8-13)24-14(25)9-23-15(26)10-1-3-11(4-2-10)17(20,21)22/h1-8,16H,9H2,(H,23,26)(H,24,25). The van der Waals surface area contributed by atoms with Gasteiger partial charge in [0.15, 0.2) is 0 Å². The van der Waals surface area contributed by atoms with Gasteiger partial charge in [0.05, 0.1) is 12.1 Å². The number of anilines is 1. The van der Waals surface area contributed by atoms with Gasteiger partial charge in [0.25, 0.3) is 5.91 Å². The average molecular weight is 388 g/mol. The normalized spacial score (nSPS) is 11.2. The van der Waals surface area contributed by atoms with Crippen molar-refractivity contribution in [3.8, 4) is 5.75 Å². The number of nitrogens with one attached hydrogen (secondary N) is 2. The van der Waals surface area contributed by atoms with Crippen LogP contribution in [0.5, 0.6) is 5.75 Å². The lowest BCUT2D eigenvalue weighted by Crippen LogP contribution is -2.32. The van der Waals surface area contributed by atoms with Gasteiger partial charge in [-0.1, -0.05) is 0 Å². The van der Waals surface area contributed by atoms with Crippen LogP contribution in [0.25, 0.3) is 0 Å². The molecule has 0 bridgehead atoms. The third kappa shape index (κ3) is 6.24. The van der Waals surface area contributed by atoms with Crippen molar-refractivity contribution >= 4 is 17.5 Å². The number of carbonyl (C=O) groups excluding carboxylic acids is 2. The van der Waals surface area contributed by atoms with Gasteiger partial charge in [-0.15, -0.1) is 0 Å². The summed E-state index contributed by atoms with van der Waals surface area (Å²) in [6.07, 6.45) is -4.51. The van der Waals surface area contributed by atoms with Crippen LogP contribution in [0, 0.1) is 0 Å². The first-order valence-electron chi connectivity index (χ1n) is 7.45. The average Bonchev–Trinajstić information content (AvgIpc) is 2.60. The molecule has 0 saturated carbocycles. The highest BCUT2D eigenvalue weighted by Crippen LogP contribution is 2.29. The summed E-state index contributed by atoms with van der Waals surface area (Å²) in [7, 11) is 0. The lowest BCUT2D eigenvalue weighted by molar-refractivity contribution is -0.137. The molecule has 0 radical (unpaired) electrons. The molecule has 10 heteroatoms. The highest BCUT2D eigenvalue weighted by Gasteiger charge is 2.30. The van der Waals surface area contributed by atoms with Crippen molar-refractivity contribution in [1.29, 1.82) is 0 Å². The van der Waals surface area contributed by atoms with Crippen molar-refractivity contribution in [3.05, 3.63) is 59.7 Å². The van der Waals surface area contributed by atoms with Crippen molar-refractivity contribution in [2.45, 2.75) is 12.8 Å². The summed E-state index contributed by atoms with van der Waals surface area (Å²) in [5.41, 5.74) is -0.647. The molecule has 5 nitrogen and oxygen atoms in total. The maximum atomic E-state index is 12.5. The van der Waals surface area contributed by atoms with E-state index in [0.29, 0.717) is 0 Å². The zero-order valence-corrected chi connectivity index (χ0v) is 13.5. The minimum Gasteiger partial charge on any atom is -0.435 e. The molecular weight excluding hydrogens is 375 g/mol. The second-order valence-corrected chi connectivity index (χ2v) is 5.21. The zero-order chi connectivity index (χ0) is 20.0. The highest BCUT2D eigenvalue weighted by molar-refractivity contribution is 5.99. The van der Waals surface area contributed by atoms with Gasteiger partial charge in [0, 0.05) is 11.3 Å². The smallest absolute Gasteiger partial charge is 0.416 e. The summed E-state index contributed by atoms with van der Waals surface area (Å²) in [6, 6.07) is 8.62. The molecule has 144 valence electrons. The second-order valence-electron chi connectivity index (χ2n) is 5.21. The van der Waals surface area contributed by atoms with E-state index in [9.17, 15) is 31.5 Å². The molecule has 0 aliphatic carbocycles. The Labute approximate surface area is 150 Å². The highest BCUT2D eigenvalue weighted by atomic mass is 19.4. The predicted octanol–water partition coefficient (Wildman–Crippen LogP) is 3.68. The summed E-state index contributed by atoms with van der Waals surface area (Å²) in [5.74, 6) is -1.42. The summed E-state index contributed by atoms with van der Waals surface area (Å²) >= 11 is 0. The van der Waals surface area contributed by atoms with Crippen LogP contribution in [0.4, 0.5) is 27.6 Å². The van der Waals surface area contributed by atoms with E-state index < -0.39 is 36.7 Å². The van der Waals surface area contributed by atoms with E-state index in [1.807, 2.05) is 0 Å². The minimum absolute atomic E-state index is 0.0377. The Hall–Kier alpha value is -3.17. The monoisotopic (exact) mass is 388 g/mol. The lowest BCUT2D eigenvalue weighted by Gasteiger charge is -2.09. The molecule has 0 atom stereocenters. The number of hydrogen-bond acceptors (Lipinski definition) is 3. The molecule has 2 N–H and O–H groups in total. The Morgan fingerprint density at radius 3 is 2.07 bits per heavy atom. The van der Waals surface area contributed by atoms with Crippen LogP contribution in [0.2, 0.25) is 0 Å². The fourth-order valence-electron chi connectivity index (χ4n) is 2.00. The van der Waals surface area contributed by atoms with Crippen molar-refractivity contribution < 1.29 is 36.3 Å². The molecule has 2 rings (SSSR count). The Kier molecular flexibility index (Phi) is 6.32. The van der Waals surface area contributed by atoms with Crippen LogP contribution in [-0.2, 0) is 11.0 Å². The van der Waals surface area contributed by atoms with E-state index in [1.54, 1.807) is 0 Å². The third-order valence-corrected chi connectivity index (χ3v) is 3.25. The van der Waals surface area contributed by atoms with E-state index in [1.165, 1.54) is 24.3 Å². The molecule has 0 aromatic heterocycles. The fraction of sp³-hybridized carbons (Fsp3) is 0.176. The largest absolute Gasteiger partial charge is 0.435 e. The van der Waals surface area contributed by atoms with Gasteiger partial charge in [0.2, 0.25) is 5.91 Å². The maximum absolute atomic E-state index is 12.5. The first kappa shape index (κ1) is 20.1. The molecule has 0 fully saturated rings. The van der Waals surface area contributed by atoms with Crippen LogP contribution in [0.3, 0.4) is 0 Å². The molecule has 0 saturated heterocycles. The number of rotatable bonds is 6. The van der Waals surface area contributed by atoms with Crippen molar-refractivity contribution in [3.63, 3.8) is 0 Å². The second kappa shape index (κ2) is 8.47. The van der Waals surface area contributed by atoms with E-state index in [0.717, 1.165) is 24.3 Å². The summed E-state index contributed by atoms with van der Waals surface area (Å²) < 4.78 is 65.6. The molecule has 27 heavy (non-hydrogen) atoms. The zero-order valence-electron chi connectivity index (χ0n) is 13.5. The van der Waals surface area contributed by atoms with Crippen molar-refractivity contribution in [1.82, 2.24) is 5.32 Å². The van der Waals surface area contributed by atoms with Gasteiger partial charge in [0.1, 0.15) is 5.75 Å². The van der Waals surface area contributed by atoms with Gasteiger partial charge in [-0.25, -0.2) is 0 Å². The van der Waals surface area contributed by atoms with E-state index >= 15 is 0 Å². The SMILES string of the molecule is O=C(CNC(=O)c1ccc(C(F)(F)F)cc1)Nc1ccc(OC(F)F)cc1. The molecule has 0 unspecified atom stereocenters. The van der Waals surface area contributed by atoms with E-state index in [-0.39, 0.29) is 17.0 Å². The number of amides is 2. The first-order valence-corrected chi connectivity index (χ1v) is 7.45. The minimum atomic E-state index is -4.51. The predicted molar refractivity (Wildman–Crippen MR) is 85.5 cm³/mol. The summed E-state index contributed by atoms with van der Waals surface area (Å²) in [6.45, 7) is -3.40. The van der Waals surface area contributed by atoms with Gasteiger partial charge in [-0.2, -0.15) is 22.0 Å². The molecule has 2 aromatic carbocycles. The number of hydrogen-bond donors (Lipinski definition) is 2. The lowest BCUT2D eigenvalue weighted by atomic mass is 10.1. The van der Waals surface area contributed by atoms with Crippen LogP contribution in [-0.4, -0.2) is 25.0 Å². The van der Waals surface area contributed by atoms with Crippen molar-refractivity contribution in [2.75, 3.05) is 11.9 Å². The molecule has 2 amide bonds.